The molecule has 0 amide bonds. The highest BCUT2D eigenvalue weighted by Gasteiger charge is 2.27. The van der Waals surface area contributed by atoms with Crippen molar-refractivity contribution < 1.29 is 0 Å². The van der Waals surface area contributed by atoms with E-state index < -0.39 is 0 Å². The second kappa shape index (κ2) is 4.96. The van der Waals surface area contributed by atoms with E-state index in [1.165, 1.54) is 0 Å². The molecule has 0 saturated carbocycles. The molecule has 1 atom stereocenters. The number of nitrogens with one attached hydrogen (secondary N) is 1. The van der Waals surface area contributed by atoms with Crippen LogP contribution in [0.25, 0.3) is 0 Å². The van der Waals surface area contributed by atoms with Crippen LogP contribution >= 0.6 is 11.8 Å². The number of amidine groups is 1. The highest BCUT2D eigenvalue weighted by molar-refractivity contribution is 8.14. The van der Waals surface area contributed by atoms with Crippen LogP contribution in [0.5, 0.6) is 0 Å². The first-order valence-corrected chi connectivity index (χ1v) is 7.33. The van der Waals surface area contributed by atoms with Crippen LogP contribution in [-0.2, 0) is 7.05 Å². The minimum Gasteiger partial charge on any atom is -0.318 e. The van der Waals surface area contributed by atoms with E-state index in [0.717, 1.165) is 28.9 Å². The minimum absolute atomic E-state index is 0.230. The fourth-order valence-corrected chi connectivity index (χ4v) is 2.85. The Bertz CT molecular complexity index is 437. The van der Waals surface area contributed by atoms with Crippen LogP contribution in [0.15, 0.2) is 11.1 Å². The molecule has 0 aliphatic carbocycles. The van der Waals surface area contributed by atoms with Crippen LogP contribution in [0, 0.1) is 12.3 Å². The normalized spacial score (nSPS) is 20.7. The Morgan fingerprint density at radius 3 is 2.72 bits per heavy atom. The number of aromatic nitrogens is 2. The molecule has 4 nitrogen and oxygen atoms in total. The van der Waals surface area contributed by atoms with Crippen LogP contribution in [0.2, 0.25) is 0 Å². The van der Waals surface area contributed by atoms with Gasteiger partial charge in [0.2, 0.25) is 0 Å². The molecule has 0 spiro atoms. The summed E-state index contributed by atoms with van der Waals surface area (Å²) in [4.78, 5) is 4.81. The zero-order valence-electron chi connectivity index (χ0n) is 11.8. The summed E-state index contributed by atoms with van der Waals surface area (Å²) < 4.78 is 1.87. The Morgan fingerprint density at radius 2 is 2.17 bits per heavy atom. The second-order valence-electron chi connectivity index (χ2n) is 5.87. The zero-order chi connectivity index (χ0) is 13.3. The molecular formula is C13H22N4S. The summed E-state index contributed by atoms with van der Waals surface area (Å²) in [7, 11) is 1.95. The van der Waals surface area contributed by atoms with Crippen LogP contribution in [-0.4, -0.2) is 26.7 Å². The summed E-state index contributed by atoms with van der Waals surface area (Å²) in [5, 5.41) is 8.73. The Balaban J connectivity index is 2.11. The summed E-state index contributed by atoms with van der Waals surface area (Å²) >= 11 is 1.78. The van der Waals surface area contributed by atoms with E-state index in [-0.39, 0.29) is 5.41 Å². The highest BCUT2D eigenvalue weighted by atomic mass is 32.2. The standard InChI is InChI=1S/C13H22N4S/c1-9-8-11(16-17(9)5)15-12-14-10(6-7-18-12)13(2,3)4/h8,10H,6-7H2,1-5H3,(H,14,15,16). The predicted molar refractivity (Wildman–Crippen MR) is 79.3 cm³/mol. The number of aryl methyl sites for hydroxylation is 2. The molecular weight excluding hydrogens is 244 g/mol. The van der Waals surface area contributed by atoms with Gasteiger partial charge in [-0.3, -0.25) is 9.67 Å². The molecule has 1 aliphatic rings. The van der Waals surface area contributed by atoms with Gasteiger partial charge in [-0.25, -0.2) is 0 Å². The Labute approximate surface area is 113 Å². The van der Waals surface area contributed by atoms with Crippen molar-refractivity contribution in [1.82, 2.24) is 9.78 Å². The van der Waals surface area contributed by atoms with Crippen molar-refractivity contribution in [3.63, 3.8) is 0 Å². The molecule has 0 aromatic carbocycles. The average molecular weight is 266 g/mol. The molecule has 1 aliphatic heterocycles. The predicted octanol–water partition coefficient (Wildman–Crippen LogP) is 3.05. The van der Waals surface area contributed by atoms with E-state index in [1.54, 1.807) is 11.8 Å². The summed E-state index contributed by atoms with van der Waals surface area (Å²) in [5.41, 5.74) is 1.37. The number of thioether (sulfide) groups is 1. The quantitative estimate of drug-likeness (QED) is 0.849. The Hall–Kier alpha value is -0.970. The monoisotopic (exact) mass is 266 g/mol. The number of anilines is 1. The van der Waals surface area contributed by atoms with E-state index in [2.05, 4.69) is 31.2 Å². The summed E-state index contributed by atoms with van der Waals surface area (Å²) in [6.07, 6.45) is 1.15. The molecule has 100 valence electrons. The summed E-state index contributed by atoms with van der Waals surface area (Å²) in [6, 6.07) is 2.44. The lowest BCUT2D eigenvalue weighted by molar-refractivity contribution is 0.316. The fourth-order valence-electron chi connectivity index (χ4n) is 1.94. The maximum atomic E-state index is 4.81. The number of rotatable bonds is 1. The number of nitrogens with zero attached hydrogens (tertiary/aromatic N) is 3. The van der Waals surface area contributed by atoms with Crippen LogP contribution in [0.4, 0.5) is 5.82 Å². The van der Waals surface area contributed by atoms with Gasteiger partial charge in [0.1, 0.15) is 0 Å². The third-order valence-electron chi connectivity index (χ3n) is 3.25. The van der Waals surface area contributed by atoms with Crippen LogP contribution in [0.3, 0.4) is 0 Å². The lowest BCUT2D eigenvalue weighted by atomic mass is 9.85. The Morgan fingerprint density at radius 1 is 1.44 bits per heavy atom. The van der Waals surface area contributed by atoms with E-state index in [4.69, 9.17) is 4.99 Å². The molecule has 0 fully saturated rings. The minimum atomic E-state index is 0.230. The maximum Gasteiger partial charge on any atom is 0.162 e. The first-order chi connectivity index (χ1) is 8.36. The lowest BCUT2D eigenvalue weighted by Gasteiger charge is -2.30. The Kier molecular flexibility index (Phi) is 3.71. The molecule has 1 N–H and O–H groups in total. The van der Waals surface area contributed by atoms with Crippen molar-refractivity contribution in [2.75, 3.05) is 11.1 Å². The molecule has 0 radical (unpaired) electrons. The van der Waals surface area contributed by atoms with Gasteiger partial charge in [-0.2, -0.15) is 5.10 Å². The molecule has 2 rings (SSSR count). The molecule has 1 aromatic rings. The number of aliphatic imine (C=N–C) groups is 1. The number of hydrogen-bond acceptors (Lipinski definition) is 4. The summed E-state index contributed by atoms with van der Waals surface area (Å²) in [5.74, 6) is 2.01. The van der Waals surface area contributed by atoms with E-state index in [9.17, 15) is 0 Å². The van der Waals surface area contributed by atoms with Gasteiger partial charge in [-0.05, 0) is 18.8 Å². The van der Waals surface area contributed by atoms with Gasteiger partial charge < -0.3 is 5.32 Å². The molecule has 5 heteroatoms. The third-order valence-corrected chi connectivity index (χ3v) is 4.17. The summed E-state index contributed by atoms with van der Waals surface area (Å²) in [6.45, 7) is 8.80. The molecule has 1 aromatic heterocycles. The molecule has 18 heavy (non-hydrogen) atoms. The zero-order valence-corrected chi connectivity index (χ0v) is 12.6. The van der Waals surface area contributed by atoms with E-state index in [0.29, 0.717) is 6.04 Å². The van der Waals surface area contributed by atoms with Crippen molar-refractivity contribution in [3.8, 4) is 0 Å². The van der Waals surface area contributed by atoms with Crippen molar-refractivity contribution in [1.29, 1.82) is 0 Å². The molecule has 0 saturated heterocycles. The second-order valence-corrected chi connectivity index (χ2v) is 6.96. The van der Waals surface area contributed by atoms with Gasteiger partial charge >= 0.3 is 0 Å². The van der Waals surface area contributed by atoms with Crippen LogP contribution < -0.4 is 5.32 Å². The SMILES string of the molecule is Cc1cc(NC2=NC(C(C)(C)C)CCS2)nn1C. The highest BCUT2D eigenvalue weighted by Crippen LogP contribution is 2.30. The fraction of sp³-hybridized carbons (Fsp3) is 0.692. The van der Waals surface area contributed by atoms with Crippen molar-refractivity contribution in [3.05, 3.63) is 11.8 Å². The van der Waals surface area contributed by atoms with Crippen molar-refractivity contribution >= 4 is 22.7 Å². The van der Waals surface area contributed by atoms with Crippen molar-refractivity contribution in [2.24, 2.45) is 17.5 Å². The maximum absolute atomic E-state index is 4.81. The van der Waals surface area contributed by atoms with Gasteiger partial charge in [0, 0.05) is 24.6 Å². The van der Waals surface area contributed by atoms with E-state index >= 15 is 0 Å². The topological polar surface area (TPSA) is 42.2 Å². The van der Waals surface area contributed by atoms with Gasteiger partial charge in [0.05, 0.1) is 6.04 Å². The molecule has 2 heterocycles. The van der Waals surface area contributed by atoms with Gasteiger partial charge in [-0.1, -0.05) is 32.5 Å². The van der Waals surface area contributed by atoms with Crippen molar-refractivity contribution in [2.45, 2.75) is 40.2 Å². The third kappa shape index (κ3) is 3.07. The smallest absolute Gasteiger partial charge is 0.162 e. The molecule has 1 unspecified atom stereocenters. The van der Waals surface area contributed by atoms with Gasteiger partial charge in [-0.15, -0.1) is 0 Å². The molecule has 0 bridgehead atoms. The average Bonchev–Trinajstić information content (AvgIpc) is 2.57. The number of hydrogen-bond donors (Lipinski definition) is 1. The first kappa shape index (κ1) is 13.5. The van der Waals surface area contributed by atoms with Gasteiger partial charge in [0.25, 0.3) is 0 Å². The van der Waals surface area contributed by atoms with Gasteiger partial charge in [0.15, 0.2) is 11.0 Å². The largest absolute Gasteiger partial charge is 0.318 e. The first-order valence-electron chi connectivity index (χ1n) is 6.34. The lowest BCUT2D eigenvalue weighted by Crippen LogP contribution is -2.30. The van der Waals surface area contributed by atoms with E-state index in [1.807, 2.05) is 24.7 Å². The van der Waals surface area contributed by atoms with Crippen LogP contribution in [0.1, 0.15) is 32.9 Å².